The van der Waals surface area contributed by atoms with Crippen molar-refractivity contribution < 1.29 is 4.74 Å². The zero-order chi connectivity index (χ0) is 12.7. The van der Waals surface area contributed by atoms with E-state index in [4.69, 9.17) is 4.74 Å². The average molecular weight is 241 g/mol. The molecule has 0 spiro atoms. The lowest BCUT2D eigenvalue weighted by atomic mass is 9.89. The Labute approximate surface area is 105 Å². The van der Waals surface area contributed by atoms with E-state index in [1.807, 2.05) is 7.05 Å². The van der Waals surface area contributed by atoms with Gasteiger partial charge in [0.25, 0.3) is 0 Å². The second kappa shape index (κ2) is 6.84. The molecule has 4 nitrogen and oxygen atoms in total. The molecule has 0 aromatic heterocycles. The van der Waals surface area contributed by atoms with Crippen LogP contribution in [0.2, 0.25) is 0 Å². The summed E-state index contributed by atoms with van der Waals surface area (Å²) in [5, 5.41) is 6.70. The molecule has 0 amide bonds. The Hall–Kier alpha value is -0.770. The Bertz CT molecular complexity index is 247. The summed E-state index contributed by atoms with van der Waals surface area (Å²) in [7, 11) is 1.82. The predicted octanol–water partition coefficient (Wildman–Crippen LogP) is 1.62. The van der Waals surface area contributed by atoms with E-state index in [-0.39, 0.29) is 5.41 Å². The van der Waals surface area contributed by atoms with Crippen LogP contribution in [0, 0.1) is 11.3 Å². The summed E-state index contributed by atoms with van der Waals surface area (Å²) in [5.74, 6) is 1.68. The second-order valence-corrected chi connectivity index (χ2v) is 5.69. The number of rotatable bonds is 6. The van der Waals surface area contributed by atoms with Crippen LogP contribution in [-0.2, 0) is 4.74 Å². The number of hydrogen-bond donors (Lipinski definition) is 2. The van der Waals surface area contributed by atoms with Crippen LogP contribution in [0.5, 0.6) is 0 Å². The van der Waals surface area contributed by atoms with Gasteiger partial charge in [-0.15, -0.1) is 0 Å². The highest BCUT2D eigenvalue weighted by atomic mass is 16.5. The SMILES string of the molecule is CN=C(NCCCC(C)C)NCC1(C)COC1. The Kier molecular flexibility index (Phi) is 5.75. The van der Waals surface area contributed by atoms with Gasteiger partial charge in [-0.3, -0.25) is 4.99 Å². The van der Waals surface area contributed by atoms with Gasteiger partial charge in [-0.2, -0.15) is 0 Å². The molecule has 0 atom stereocenters. The Morgan fingerprint density at radius 1 is 1.35 bits per heavy atom. The first kappa shape index (κ1) is 14.3. The third kappa shape index (κ3) is 5.39. The lowest BCUT2D eigenvalue weighted by Crippen LogP contribution is -2.51. The highest BCUT2D eigenvalue weighted by molar-refractivity contribution is 5.79. The lowest BCUT2D eigenvalue weighted by molar-refractivity contribution is -0.0971. The van der Waals surface area contributed by atoms with Crippen LogP contribution in [-0.4, -0.2) is 39.3 Å². The topological polar surface area (TPSA) is 45.7 Å². The summed E-state index contributed by atoms with van der Waals surface area (Å²) in [6.07, 6.45) is 2.45. The van der Waals surface area contributed by atoms with Crippen LogP contribution in [0.25, 0.3) is 0 Å². The van der Waals surface area contributed by atoms with Crippen LogP contribution in [0.1, 0.15) is 33.6 Å². The third-order valence-corrected chi connectivity index (χ3v) is 3.06. The molecule has 0 aromatic carbocycles. The minimum Gasteiger partial charge on any atom is -0.380 e. The number of aliphatic imine (C=N–C) groups is 1. The van der Waals surface area contributed by atoms with Crippen molar-refractivity contribution in [2.75, 3.05) is 33.4 Å². The maximum Gasteiger partial charge on any atom is 0.190 e. The van der Waals surface area contributed by atoms with Crippen molar-refractivity contribution in [3.05, 3.63) is 0 Å². The molecule has 1 aliphatic rings. The first-order valence-electron chi connectivity index (χ1n) is 6.58. The van der Waals surface area contributed by atoms with Crippen LogP contribution in [0.15, 0.2) is 4.99 Å². The number of hydrogen-bond acceptors (Lipinski definition) is 2. The van der Waals surface area contributed by atoms with E-state index in [9.17, 15) is 0 Å². The molecule has 0 bridgehead atoms. The van der Waals surface area contributed by atoms with E-state index >= 15 is 0 Å². The van der Waals surface area contributed by atoms with Crippen molar-refractivity contribution in [3.8, 4) is 0 Å². The monoisotopic (exact) mass is 241 g/mol. The van der Waals surface area contributed by atoms with E-state index in [1.54, 1.807) is 0 Å². The lowest BCUT2D eigenvalue weighted by Gasteiger charge is -2.38. The average Bonchev–Trinajstić information content (AvgIpc) is 2.25. The maximum absolute atomic E-state index is 5.23. The Balaban J connectivity index is 2.11. The van der Waals surface area contributed by atoms with Crippen molar-refractivity contribution in [2.45, 2.75) is 33.6 Å². The minimum absolute atomic E-state index is 0.287. The Morgan fingerprint density at radius 2 is 2.06 bits per heavy atom. The molecule has 0 aliphatic carbocycles. The smallest absolute Gasteiger partial charge is 0.190 e. The summed E-state index contributed by atoms with van der Waals surface area (Å²) in [6, 6.07) is 0. The van der Waals surface area contributed by atoms with Gasteiger partial charge in [-0.1, -0.05) is 20.8 Å². The van der Waals surface area contributed by atoms with E-state index in [0.717, 1.165) is 38.2 Å². The number of ether oxygens (including phenoxy) is 1. The van der Waals surface area contributed by atoms with Gasteiger partial charge in [0.2, 0.25) is 0 Å². The number of nitrogens with one attached hydrogen (secondary N) is 2. The van der Waals surface area contributed by atoms with Gasteiger partial charge in [0.1, 0.15) is 0 Å². The van der Waals surface area contributed by atoms with Crippen LogP contribution < -0.4 is 10.6 Å². The molecule has 0 unspecified atom stereocenters. The van der Waals surface area contributed by atoms with E-state index in [0.29, 0.717) is 0 Å². The van der Waals surface area contributed by atoms with Crippen molar-refractivity contribution in [1.29, 1.82) is 0 Å². The highest BCUT2D eigenvalue weighted by Gasteiger charge is 2.33. The van der Waals surface area contributed by atoms with Crippen molar-refractivity contribution in [3.63, 3.8) is 0 Å². The van der Waals surface area contributed by atoms with E-state index < -0.39 is 0 Å². The molecule has 2 N–H and O–H groups in total. The highest BCUT2D eigenvalue weighted by Crippen LogP contribution is 2.24. The molecule has 1 heterocycles. The molecule has 4 heteroatoms. The van der Waals surface area contributed by atoms with Gasteiger partial charge < -0.3 is 15.4 Å². The molecule has 1 fully saturated rings. The van der Waals surface area contributed by atoms with Crippen molar-refractivity contribution >= 4 is 5.96 Å². The Morgan fingerprint density at radius 3 is 2.53 bits per heavy atom. The fourth-order valence-corrected chi connectivity index (χ4v) is 1.79. The van der Waals surface area contributed by atoms with E-state index in [1.165, 1.54) is 12.8 Å². The summed E-state index contributed by atoms with van der Waals surface area (Å²) in [4.78, 5) is 4.22. The zero-order valence-electron chi connectivity index (χ0n) is 11.7. The standard InChI is InChI=1S/C13H27N3O/c1-11(2)6-5-7-15-12(14-4)16-8-13(3)9-17-10-13/h11H,5-10H2,1-4H3,(H2,14,15,16). The van der Waals surface area contributed by atoms with Crippen molar-refractivity contribution in [1.82, 2.24) is 10.6 Å². The minimum atomic E-state index is 0.287. The summed E-state index contributed by atoms with van der Waals surface area (Å²) >= 11 is 0. The first-order chi connectivity index (χ1) is 8.06. The molecule has 1 aliphatic heterocycles. The first-order valence-corrected chi connectivity index (χ1v) is 6.58. The largest absolute Gasteiger partial charge is 0.380 e. The third-order valence-electron chi connectivity index (χ3n) is 3.06. The number of nitrogens with zero attached hydrogens (tertiary/aromatic N) is 1. The molecular weight excluding hydrogens is 214 g/mol. The van der Waals surface area contributed by atoms with Gasteiger partial charge in [-0.25, -0.2) is 0 Å². The molecular formula is C13H27N3O. The summed E-state index contributed by atoms with van der Waals surface area (Å²) in [5.41, 5.74) is 0.287. The summed E-state index contributed by atoms with van der Waals surface area (Å²) < 4.78 is 5.23. The second-order valence-electron chi connectivity index (χ2n) is 5.69. The molecule has 1 saturated heterocycles. The van der Waals surface area contributed by atoms with Gasteiger partial charge in [-0.05, 0) is 18.8 Å². The van der Waals surface area contributed by atoms with Gasteiger partial charge in [0.05, 0.1) is 13.2 Å². The summed E-state index contributed by atoms with van der Waals surface area (Å²) in [6.45, 7) is 10.4. The molecule has 0 saturated carbocycles. The van der Waals surface area contributed by atoms with Gasteiger partial charge in [0.15, 0.2) is 5.96 Å². The quantitative estimate of drug-likeness (QED) is 0.422. The van der Waals surface area contributed by atoms with E-state index in [2.05, 4.69) is 36.4 Å². The molecule has 0 radical (unpaired) electrons. The fourth-order valence-electron chi connectivity index (χ4n) is 1.79. The van der Waals surface area contributed by atoms with Crippen LogP contribution >= 0.6 is 0 Å². The number of guanidine groups is 1. The van der Waals surface area contributed by atoms with Crippen LogP contribution in [0.4, 0.5) is 0 Å². The molecule has 17 heavy (non-hydrogen) atoms. The maximum atomic E-state index is 5.23. The molecule has 0 aromatic rings. The molecule has 100 valence electrons. The van der Waals surface area contributed by atoms with Gasteiger partial charge in [0, 0.05) is 25.6 Å². The van der Waals surface area contributed by atoms with Crippen LogP contribution in [0.3, 0.4) is 0 Å². The fraction of sp³-hybridized carbons (Fsp3) is 0.923. The normalized spacial score (nSPS) is 19.0. The molecule has 1 rings (SSSR count). The zero-order valence-corrected chi connectivity index (χ0v) is 11.7. The van der Waals surface area contributed by atoms with Crippen molar-refractivity contribution in [2.24, 2.45) is 16.3 Å². The van der Waals surface area contributed by atoms with Gasteiger partial charge >= 0.3 is 0 Å². The predicted molar refractivity (Wildman–Crippen MR) is 72.4 cm³/mol.